The number of likely N-dealkylation sites (tertiary alicyclic amines) is 1. The normalized spacial score (nSPS) is 23.0. The van der Waals surface area contributed by atoms with Gasteiger partial charge in [0.15, 0.2) is 0 Å². The minimum atomic E-state index is -0.0449. The molecule has 2 saturated heterocycles. The lowest BCUT2D eigenvalue weighted by Crippen LogP contribution is -2.31. The number of rotatable bonds is 3. The van der Waals surface area contributed by atoms with E-state index in [1.165, 1.54) is 6.20 Å². The zero-order valence-electron chi connectivity index (χ0n) is 16.6. The van der Waals surface area contributed by atoms with Gasteiger partial charge in [0.2, 0.25) is 0 Å². The third-order valence-corrected chi connectivity index (χ3v) is 5.86. The first-order valence-corrected chi connectivity index (χ1v) is 9.61. The van der Waals surface area contributed by atoms with Gasteiger partial charge in [0.25, 0.3) is 5.56 Å². The molecule has 0 aromatic carbocycles. The highest BCUT2D eigenvalue weighted by molar-refractivity contribution is 5.42. The van der Waals surface area contributed by atoms with Gasteiger partial charge in [0.1, 0.15) is 12.1 Å². The quantitative estimate of drug-likeness (QED) is 0.817. The molecule has 0 bridgehead atoms. The Kier molecular flexibility index (Phi) is 4.50. The van der Waals surface area contributed by atoms with Gasteiger partial charge >= 0.3 is 0 Å². The summed E-state index contributed by atoms with van der Waals surface area (Å²) >= 11 is 0. The van der Waals surface area contributed by atoms with Crippen molar-refractivity contribution < 1.29 is 0 Å². The number of nitrogens with zero attached hydrogens (tertiary/aromatic N) is 6. The van der Waals surface area contributed by atoms with Gasteiger partial charge in [-0.1, -0.05) is 20.8 Å². The van der Waals surface area contributed by atoms with Crippen molar-refractivity contribution in [3.8, 4) is 0 Å². The van der Waals surface area contributed by atoms with E-state index in [0.717, 1.165) is 49.9 Å². The lowest BCUT2D eigenvalue weighted by Gasteiger charge is -2.24. The molecule has 7 heteroatoms. The summed E-state index contributed by atoms with van der Waals surface area (Å²) in [5, 5.41) is 0. The Balaban J connectivity index is 1.41. The van der Waals surface area contributed by atoms with Crippen molar-refractivity contribution in [2.45, 2.75) is 32.7 Å². The van der Waals surface area contributed by atoms with Crippen LogP contribution in [0, 0.1) is 11.8 Å². The number of fused-ring (bicyclic) bond motifs is 1. The average Bonchev–Trinajstić information content (AvgIpc) is 3.17. The molecular formula is C20H28N6O. The molecule has 27 heavy (non-hydrogen) atoms. The summed E-state index contributed by atoms with van der Waals surface area (Å²) in [7, 11) is 1.82. The van der Waals surface area contributed by atoms with Crippen molar-refractivity contribution in [2.75, 3.05) is 31.1 Å². The Labute approximate surface area is 160 Å². The van der Waals surface area contributed by atoms with Crippen molar-refractivity contribution in [1.82, 2.24) is 24.4 Å². The van der Waals surface area contributed by atoms with Gasteiger partial charge in [-0.3, -0.25) is 14.7 Å². The van der Waals surface area contributed by atoms with Crippen LogP contribution in [0.15, 0.2) is 29.6 Å². The van der Waals surface area contributed by atoms with Gasteiger partial charge in [0, 0.05) is 57.4 Å². The van der Waals surface area contributed by atoms with E-state index in [1.807, 2.05) is 7.05 Å². The van der Waals surface area contributed by atoms with E-state index in [2.05, 4.69) is 51.6 Å². The lowest BCUT2D eigenvalue weighted by molar-refractivity contribution is 0.300. The second-order valence-electron chi connectivity index (χ2n) is 8.93. The molecule has 144 valence electrons. The Hall–Kier alpha value is -2.28. The molecule has 0 saturated carbocycles. The number of hydrogen-bond donors (Lipinski definition) is 0. The third-order valence-electron chi connectivity index (χ3n) is 5.86. The Morgan fingerprint density at radius 1 is 1.07 bits per heavy atom. The standard InChI is InChI=1S/C20H28N6O/c1-20(2,3)17-5-18(23-13-22-17)26-10-14-8-25(9-15(14)11-26)12-16-6-21-7-19(27)24(16)4/h5-7,13-15H,8-12H2,1-4H3. The predicted octanol–water partition coefficient (Wildman–Crippen LogP) is 1.44. The van der Waals surface area contributed by atoms with Crippen molar-refractivity contribution in [2.24, 2.45) is 18.9 Å². The lowest BCUT2D eigenvalue weighted by atomic mass is 9.92. The SMILES string of the molecule is Cn1c(CN2CC3CN(c4cc(C(C)(C)C)ncn4)CC3C2)cncc1=O. The van der Waals surface area contributed by atoms with Gasteiger partial charge < -0.3 is 9.47 Å². The number of anilines is 1. The van der Waals surface area contributed by atoms with Gasteiger partial charge in [-0.05, 0) is 11.8 Å². The van der Waals surface area contributed by atoms with E-state index in [4.69, 9.17) is 0 Å². The fourth-order valence-corrected chi connectivity index (χ4v) is 4.21. The van der Waals surface area contributed by atoms with Crippen molar-refractivity contribution >= 4 is 5.82 Å². The van der Waals surface area contributed by atoms with Crippen LogP contribution in [-0.4, -0.2) is 50.6 Å². The molecule has 0 radical (unpaired) electrons. The second kappa shape index (κ2) is 6.71. The van der Waals surface area contributed by atoms with E-state index in [0.29, 0.717) is 11.8 Å². The Bertz CT molecular complexity index is 873. The largest absolute Gasteiger partial charge is 0.356 e. The van der Waals surface area contributed by atoms with E-state index >= 15 is 0 Å². The highest BCUT2D eigenvalue weighted by Gasteiger charge is 2.40. The molecule has 4 heterocycles. The Morgan fingerprint density at radius 3 is 2.44 bits per heavy atom. The number of aromatic nitrogens is 4. The molecule has 4 rings (SSSR count). The molecule has 0 aliphatic carbocycles. The first kappa shape index (κ1) is 18.1. The molecule has 2 aliphatic rings. The van der Waals surface area contributed by atoms with Crippen LogP contribution in [0.4, 0.5) is 5.82 Å². The smallest absolute Gasteiger partial charge is 0.268 e. The van der Waals surface area contributed by atoms with E-state index in [9.17, 15) is 4.79 Å². The second-order valence-corrected chi connectivity index (χ2v) is 8.93. The van der Waals surface area contributed by atoms with Crippen LogP contribution in [0.2, 0.25) is 0 Å². The monoisotopic (exact) mass is 368 g/mol. The molecule has 0 amide bonds. The fourth-order valence-electron chi connectivity index (χ4n) is 4.21. The van der Waals surface area contributed by atoms with Gasteiger partial charge in [0.05, 0.1) is 17.6 Å². The zero-order chi connectivity index (χ0) is 19.2. The van der Waals surface area contributed by atoms with E-state index in [1.54, 1.807) is 17.1 Å². The van der Waals surface area contributed by atoms with Crippen molar-refractivity contribution in [1.29, 1.82) is 0 Å². The van der Waals surface area contributed by atoms with Crippen LogP contribution in [0.25, 0.3) is 0 Å². The third kappa shape index (κ3) is 3.60. The summed E-state index contributed by atoms with van der Waals surface area (Å²) in [5.74, 6) is 2.34. The molecular weight excluding hydrogens is 340 g/mol. The van der Waals surface area contributed by atoms with Crippen LogP contribution in [0.3, 0.4) is 0 Å². The summed E-state index contributed by atoms with van der Waals surface area (Å²) in [5.41, 5.74) is 2.05. The summed E-state index contributed by atoms with van der Waals surface area (Å²) in [6, 6.07) is 2.14. The van der Waals surface area contributed by atoms with Crippen molar-refractivity contribution in [3.05, 3.63) is 46.5 Å². The van der Waals surface area contributed by atoms with E-state index in [-0.39, 0.29) is 11.0 Å². The first-order chi connectivity index (χ1) is 12.8. The fraction of sp³-hybridized carbons (Fsp3) is 0.600. The Morgan fingerprint density at radius 2 is 1.78 bits per heavy atom. The minimum Gasteiger partial charge on any atom is -0.356 e. The summed E-state index contributed by atoms with van der Waals surface area (Å²) in [4.78, 5) is 29.7. The summed E-state index contributed by atoms with van der Waals surface area (Å²) in [6.07, 6.45) is 4.86. The highest BCUT2D eigenvalue weighted by Crippen LogP contribution is 2.34. The maximum Gasteiger partial charge on any atom is 0.268 e. The zero-order valence-corrected chi connectivity index (χ0v) is 16.6. The molecule has 7 nitrogen and oxygen atoms in total. The predicted molar refractivity (Wildman–Crippen MR) is 105 cm³/mol. The topological polar surface area (TPSA) is 67.2 Å². The maximum absolute atomic E-state index is 11.8. The summed E-state index contributed by atoms with van der Waals surface area (Å²) in [6.45, 7) is 11.5. The summed E-state index contributed by atoms with van der Waals surface area (Å²) < 4.78 is 1.70. The van der Waals surface area contributed by atoms with Crippen molar-refractivity contribution in [3.63, 3.8) is 0 Å². The molecule has 0 N–H and O–H groups in total. The number of hydrogen-bond acceptors (Lipinski definition) is 6. The van der Waals surface area contributed by atoms with Gasteiger partial charge in [-0.15, -0.1) is 0 Å². The molecule has 2 aliphatic heterocycles. The highest BCUT2D eigenvalue weighted by atomic mass is 16.1. The van der Waals surface area contributed by atoms with Crippen LogP contribution in [-0.2, 0) is 19.0 Å². The van der Waals surface area contributed by atoms with Gasteiger partial charge in [-0.25, -0.2) is 9.97 Å². The van der Waals surface area contributed by atoms with Crippen LogP contribution in [0.1, 0.15) is 32.2 Å². The van der Waals surface area contributed by atoms with E-state index < -0.39 is 0 Å². The minimum absolute atomic E-state index is 0.0315. The molecule has 2 aromatic rings. The van der Waals surface area contributed by atoms with Crippen LogP contribution < -0.4 is 10.5 Å². The molecule has 2 atom stereocenters. The molecule has 0 spiro atoms. The van der Waals surface area contributed by atoms with Crippen LogP contribution in [0.5, 0.6) is 0 Å². The molecule has 2 unspecified atom stereocenters. The first-order valence-electron chi connectivity index (χ1n) is 9.61. The molecule has 2 aromatic heterocycles. The van der Waals surface area contributed by atoms with Crippen LogP contribution >= 0.6 is 0 Å². The molecule has 2 fully saturated rings. The van der Waals surface area contributed by atoms with Gasteiger partial charge in [-0.2, -0.15) is 0 Å². The average molecular weight is 368 g/mol. The maximum atomic E-state index is 11.8.